The molecular formula is C18H26N4O. The van der Waals surface area contributed by atoms with E-state index in [4.69, 9.17) is 4.74 Å². The highest BCUT2D eigenvalue weighted by Crippen LogP contribution is 2.30. The Morgan fingerprint density at radius 2 is 2.00 bits per heavy atom. The summed E-state index contributed by atoms with van der Waals surface area (Å²) in [7, 11) is 0. The van der Waals surface area contributed by atoms with Gasteiger partial charge in [-0.15, -0.1) is 0 Å². The molecule has 0 aliphatic carbocycles. The largest absolute Gasteiger partial charge is 0.381 e. The van der Waals surface area contributed by atoms with Crippen molar-refractivity contribution >= 4 is 5.65 Å². The third-order valence-electron chi connectivity index (χ3n) is 5.40. The third-order valence-corrected chi connectivity index (χ3v) is 5.40. The van der Waals surface area contributed by atoms with E-state index in [0.717, 1.165) is 30.6 Å². The van der Waals surface area contributed by atoms with Gasteiger partial charge in [-0.05, 0) is 58.2 Å². The SMILES string of the molecule is Cc1cc2nccc(C3CCN([C@@H]4CCCOCC4)CC3)n2n1. The molecule has 23 heavy (non-hydrogen) atoms. The van der Waals surface area contributed by atoms with Gasteiger partial charge in [-0.3, -0.25) is 0 Å². The quantitative estimate of drug-likeness (QED) is 0.855. The number of rotatable bonds is 2. The molecule has 124 valence electrons. The predicted octanol–water partition coefficient (Wildman–Crippen LogP) is 2.79. The number of likely N-dealkylation sites (tertiary alicyclic amines) is 1. The van der Waals surface area contributed by atoms with Gasteiger partial charge in [0.1, 0.15) is 0 Å². The number of nitrogens with zero attached hydrogens (tertiary/aromatic N) is 4. The minimum atomic E-state index is 0.595. The average molecular weight is 314 g/mol. The zero-order valence-electron chi connectivity index (χ0n) is 13.9. The first-order chi connectivity index (χ1) is 11.3. The Morgan fingerprint density at radius 1 is 1.13 bits per heavy atom. The molecule has 1 atom stereocenters. The normalized spacial score (nSPS) is 24.8. The molecule has 2 fully saturated rings. The lowest BCUT2D eigenvalue weighted by Crippen LogP contribution is -2.41. The molecule has 2 aliphatic rings. The van der Waals surface area contributed by atoms with E-state index in [-0.39, 0.29) is 0 Å². The second kappa shape index (κ2) is 6.57. The van der Waals surface area contributed by atoms with Crippen molar-refractivity contribution < 1.29 is 4.74 Å². The van der Waals surface area contributed by atoms with Crippen LogP contribution in [0.25, 0.3) is 5.65 Å². The molecule has 2 aromatic rings. The molecule has 5 nitrogen and oxygen atoms in total. The summed E-state index contributed by atoms with van der Waals surface area (Å²) in [5.74, 6) is 0.595. The molecule has 2 aliphatic heterocycles. The van der Waals surface area contributed by atoms with Crippen LogP contribution < -0.4 is 0 Å². The molecule has 0 bridgehead atoms. The molecule has 2 aromatic heterocycles. The Kier molecular flexibility index (Phi) is 4.31. The number of hydrogen-bond donors (Lipinski definition) is 0. The fourth-order valence-corrected chi connectivity index (χ4v) is 4.15. The van der Waals surface area contributed by atoms with E-state index >= 15 is 0 Å². The number of aryl methyl sites for hydroxylation is 1. The summed E-state index contributed by atoms with van der Waals surface area (Å²) >= 11 is 0. The number of piperidine rings is 1. The second-order valence-electron chi connectivity index (χ2n) is 6.93. The average Bonchev–Trinajstić information content (AvgIpc) is 2.79. The van der Waals surface area contributed by atoms with E-state index in [0.29, 0.717) is 5.92 Å². The number of hydrogen-bond acceptors (Lipinski definition) is 4. The standard InChI is InChI=1S/C18H26N4O/c1-14-13-18-19-8-4-17(22(18)20-14)15-5-9-21(10-6-15)16-3-2-11-23-12-7-16/h4,8,13,15-16H,2-3,5-7,9-12H2,1H3/t16-/m1/s1. The molecule has 0 N–H and O–H groups in total. The maximum Gasteiger partial charge on any atom is 0.155 e. The summed E-state index contributed by atoms with van der Waals surface area (Å²) in [6.07, 6.45) is 8.07. The highest BCUT2D eigenvalue weighted by molar-refractivity contribution is 5.40. The molecule has 0 amide bonds. The smallest absolute Gasteiger partial charge is 0.155 e. The van der Waals surface area contributed by atoms with Crippen LogP contribution in [0.3, 0.4) is 0 Å². The molecular weight excluding hydrogens is 288 g/mol. The number of ether oxygens (including phenoxy) is 1. The van der Waals surface area contributed by atoms with Gasteiger partial charge in [0.15, 0.2) is 5.65 Å². The first kappa shape index (κ1) is 15.1. The van der Waals surface area contributed by atoms with Crippen LogP contribution >= 0.6 is 0 Å². The Hall–Kier alpha value is -1.46. The maximum absolute atomic E-state index is 5.61. The third kappa shape index (κ3) is 3.12. The highest BCUT2D eigenvalue weighted by atomic mass is 16.5. The van der Waals surface area contributed by atoms with Crippen LogP contribution in [0, 0.1) is 6.92 Å². The molecule has 0 radical (unpaired) electrons. The van der Waals surface area contributed by atoms with Crippen LogP contribution in [0.2, 0.25) is 0 Å². The Bertz CT molecular complexity index is 652. The van der Waals surface area contributed by atoms with E-state index in [9.17, 15) is 0 Å². The van der Waals surface area contributed by atoms with Crippen LogP contribution in [0.5, 0.6) is 0 Å². The zero-order valence-corrected chi connectivity index (χ0v) is 13.9. The minimum Gasteiger partial charge on any atom is -0.381 e. The van der Waals surface area contributed by atoms with Crippen molar-refractivity contribution in [1.29, 1.82) is 0 Å². The lowest BCUT2D eigenvalue weighted by molar-refractivity contribution is 0.115. The van der Waals surface area contributed by atoms with Crippen molar-refractivity contribution in [2.45, 2.75) is 51.0 Å². The molecule has 0 aromatic carbocycles. The van der Waals surface area contributed by atoms with Gasteiger partial charge in [-0.25, -0.2) is 9.50 Å². The minimum absolute atomic E-state index is 0.595. The van der Waals surface area contributed by atoms with Gasteiger partial charge in [0.25, 0.3) is 0 Å². The first-order valence-corrected chi connectivity index (χ1v) is 8.94. The monoisotopic (exact) mass is 314 g/mol. The zero-order chi connectivity index (χ0) is 15.6. The van der Waals surface area contributed by atoms with Gasteiger partial charge in [-0.2, -0.15) is 5.10 Å². The summed E-state index contributed by atoms with van der Waals surface area (Å²) in [4.78, 5) is 7.12. The van der Waals surface area contributed by atoms with Crippen LogP contribution in [0.1, 0.15) is 49.4 Å². The summed E-state index contributed by atoms with van der Waals surface area (Å²) in [6, 6.07) is 4.94. The van der Waals surface area contributed by atoms with E-state index in [1.54, 1.807) is 0 Å². The van der Waals surface area contributed by atoms with Gasteiger partial charge in [-0.1, -0.05) is 0 Å². The van der Waals surface area contributed by atoms with E-state index < -0.39 is 0 Å². The fourth-order valence-electron chi connectivity index (χ4n) is 4.15. The summed E-state index contributed by atoms with van der Waals surface area (Å²) in [5, 5.41) is 4.63. The highest BCUT2D eigenvalue weighted by Gasteiger charge is 2.27. The van der Waals surface area contributed by atoms with Crippen LogP contribution in [0.15, 0.2) is 18.3 Å². The van der Waals surface area contributed by atoms with E-state index in [1.807, 2.05) is 13.1 Å². The predicted molar refractivity (Wildman–Crippen MR) is 89.7 cm³/mol. The molecule has 0 unspecified atom stereocenters. The van der Waals surface area contributed by atoms with Crippen molar-refractivity contribution in [3.05, 3.63) is 29.7 Å². The van der Waals surface area contributed by atoms with Crippen LogP contribution in [-0.4, -0.2) is 51.8 Å². The van der Waals surface area contributed by atoms with Crippen molar-refractivity contribution in [2.75, 3.05) is 26.3 Å². The van der Waals surface area contributed by atoms with Crippen molar-refractivity contribution in [1.82, 2.24) is 19.5 Å². The molecule has 5 heteroatoms. The Labute approximate surface area is 137 Å². The van der Waals surface area contributed by atoms with Gasteiger partial charge in [0, 0.05) is 43.1 Å². The molecule has 4 heterocycles. The lowest BCUT2D eigenvalue weighted by Gasteiger charge is -2.37. The number of aromatic nitrogens is 3. The topological polar surface area (TPSA) is 42.7 Å². The van der Waals surface area contributed by atoms with Crippen LogP contribution in [0.4, 0.5) is 0 Å². The van der Waals surface area contributed by atoms with Gasteiger partial charge in [0.2, 0.25) is 0 Å². The van der Waals surface area contributed by atoms with E-state index in [1.165, 1.54) is 50.9 Å². The first-order valence-electron chi connectivity index (χ1n) is 8.94. The lowest BCUT2D eigenvalue weighted by atomic mass is 9.91. The Morgan fingerprint density at radius 3 is 2.87 bits per heavy atom. The van der Waals surface area contributed by atoms with Crippen molar-refractivity contribution in [2.24, 2.45) is 0 Å². The number of fused-ring (bicyclic) bond motifs is 1. The summed E-state index contributed by atoms with van der Waals surface area (Å²) in [5.41, 5.74) is 3.34. The van der Waals surface area contributed by atoms with Crippen molar-refractivity contribution in [3.63, 3.8) is 0 Å². The summed E-state index contributed by atoms with van der Waals surface area (Å²) < 4.78 is 7.66. The maximum atomic E-state index is 5.61. The molecule has 0 saturated carbocycles. The van der Waals surface area contributed by atoms with Crippen molar-refractivity contribution in [3.8, 4) is 0 Å². The summed E-state index contributed by atoms with van der Waals surface area (Å²) in [6.45, 7) is 6.30. The van der Waals surface area contributed by atoms with Crippen LogP contribution in [-0.2, 0) is 4.74 Å². The van der Waals surface area contributed by atoms with Gasteiger partial charge < -0.3 is 9.64 Å². The molecule has 2 saturated heterocycles. The fraction of sp³-hybridized carbons (Fsp3) is 0.667. The van der Waals surface area contributed by atoms with Gasteiger partial charge >= 0.3 is 0 Å². The van der Waals surface area contributed by atoms with Gasteiger partial charge in [0.05, 0.1) is 5.69 Å². The molecule has 4 rings (SSSR count). The van der Waals surface area contributed by atoms with E-state index in [2.05, 4.69) is 31.6 Å². The molecule has 0 spiro atoms. The Balaban J connectivity index is 1.46. The second-order valence-corrected chi connectivity index (χ2v) is 6.93.